The summed E-state index contributed by atoms with van der Waals surface area (Å²) in [7, 11) is 0. The molecule has 1 aliphatic carbocycles. The van der Waals surface area contributed by atoms with Crippen molar-refractivity contribution in [2.45, 2.75) is 123 Å². The third kappa shape index (κ3) is 6.62. The molecule has 1 aromatic carbocycles. The van der Waals surface area contributed by atoms with Gasteiger partial charge in [0, 0.05) is 35.0 Å². The van der Waals surface area contributed by atoms with E-state index in [-0.39, 0.29) is 58.1 Å². The minimum absolute atomic E-state index is 0.0645. The van der Waals surface area contributed by atoms with E-state index in [0.29, 0.717) is 18.4 Å². The van der Waals surface area contributed by atoms with E-state index in [1.807, 2.05) is 40.7 Å². The number of carboxylic acid groups (broad SMARTS) is 1. The van der Waals surface area contributed by atoms with Crippen LogP contribution >= 0.6 is 0 Å². The molecule has 5 rings (SSSR count). The number of rotatable bonds is 9. The van der Waals surface area contributed by atoms with Gasteiger partial charge in [0.15, 0.2) is 11.6 Å². The van der Waals surface area contributed by atoms with Crippen molar-refractivity contribution in [3.8, 4) is 17.2 Å². The van der Waals surface area contributed by atoms with Gasteiger partial charge in [0.1, 0.15) is 40.6 Å². The van der Waals surface area contributed by atoms with E-state index >= 15 is 0 Å². The fourth-order valence-corrected chi connectivity index (χ4v) is 7.06. The summed E-state index contributed by atoms with van der Waals surface area (Å²) in [5.41, 5.74) is -1.19. The number of aliphatic carboxylic acids is 1. The Kier molecular flexibility index (Phi) is 9.35. The maximum absolute atomic E-state index is 14.4. The van der Waals surface area contributed by atoms with Gasteiger partial charge in [0.05, 0.1) is 22.9 Å². The summed E-state index contributed by atoms with van der Waals surface area (Å²) < 4.78 is 19.7. The van der Waals surface area contributed by atoms with Gasteiger partial charge in [0.25, 0.3) is 0 Å². The molecule has 10 nitrogen and oxygen atoms in total. The number of aromatic hydroxyl groups is 1. The molecule has 6 atom stereocenters. The number of fused-ring (bicyclic) bond motifs is 6. The van der Waals surface area contributed by atoms with Gasteiger partial charge in [-0.3, -0.25) is 9.59 Å². The first-order valence-electron chi connectivity index (χ1n) is 16.6. The van der Waals surface area contributed by atoms with Crippen LogP contribution in [0.25, 0.3) is 6.08 Å². The lowest BCUT2D eigenvalue weighted by molar-refractivity contribution is -0.145. The number of phenols is 1. The SMILES string of the molecule is CC(C)=CCC[C@@]1(C)C=Cc2c(O)c3c(c(CC(O)C(C)(C)O)c2O1)O[C@@H]1C(=C[C@@H]2CC1C(C)(C)O[C@@H](C/C=C(/C)C(=O)O)C2=O)C3=O. The minimum Gasteiger partial charge on any atom is -0.506 e. The Morgan fingerprint density at radius 3 is 2.44 bits per heavy atom. The van der Waals surface area contributed by atoms with Crippen molar-refractivity contribution >= 4 is 23.6 Å². The molecule has 1 aromatic rings. The predicted molar refractivity (Wildman–Crippen MR) is 179 cm³/mol. The first-order valence-corrected chi connectivity index (χ1v) is 16.6. The number of carbonyl (C=O) groups is 3. The van der Waals surface area contributed by atoms with Gasteiger partial charge >= 0.3 is 5.97 Å². The van der Waals surface area contributed by atoms with E-state index < -0.39 is 58.7 Å². The Bertz CT molecular complexity index is 1650. The van der Waals surface area contributed by atoms with Crippen LogP contribution in [-0.2, 0) is 20.7 Å². The van der Waals surface area contributed by atoms with Crippen molar-refractivity contribution in [3.05, 3.63) is 57.7 Å². The summed E-state index contributed by atoms with van der Waals surface area (Å²) in [6.45, 7) is 14.1. The van der Waals surface area contributed by atoms with Crippen LogP contribution in [0, 0.1) is 11.8 Å². The molecule has 0 spiro atoms. The highest BCUT2D eigenvalue weighted by Gasteiger charge is 2.54. The van der Waals surface area contributed by atoms with Crippen LogP contribution in [0.3, 0.4) is 0 Å². The molecule has 4 aliphatic rings. The summed E-state index contributed by atoms with van der Waals surface area (Å²) >= 11 is 0. The topological polar surface area (TPSA) is 160 Å². The minimum atomic E-state index is -1.50. The van der Waals surface area contributed by atoms with E-state index in [0.717, 1.165) is 6.42 Å². The zero-order chi connectivity index (χ0) is 35.5. The Morgan fingerprint density at radius 2 is 1.81 bits per heavy atom. The third-order valence-electron chi connectivity index (χ3n) is 10.1. The Balaban J connectivity index is 1.62. The Labute approximate surface area is 281 Å². The van der Waals surface area contributed by atoms with Crippen LogP contribution in [0.15, 0.2) is 41.0 Å². The van der Waals surface area contributed by atoms with Gasteiger partial charge in [0.2, 0.25) is 0 Å². The number of allylic oxidation sites excluding steroid dienone is 3. The fraction of sp³-hybridized carbons (Fsp3) is 0.553. The number of carboxylic acids is 1. The van der Waals surface area contributed by atoms with Gasteiger partial charge in [-0.25, -0.2) is 4.79 Å². The van der Waals surface area contributed by atoms with Crippen LogP contribution in [0.2, 0.25) is 0 Å². The zero-order valence-electron chi connectivity index (χ0n) is 29.0. The highest BCUT2D eigenvalue weighted by molar-refractivity contribution is 6.16. The molecule has 0 radical (unpaired) electrons. The maximum atomic E-state index is 14.4. The fourth-order valence-electron chi connectivity index (χ4n) is 7.06. The number of aliphatic hydroxyl groups excluding tert-OH is 1. The summed E-state index contributed by atoms with van der Waals surface area (Å²) in [6, 6.07) is 0. The molecule has 3 heterocycles. The van der Waals surface area contributed by atoms with E-state index in [9.17, 15) is 34.8 Å². The van der Waals surface area contributed by atoms with E-state index in [2.05, 4.69) is 6.08 Å². The summed E-state index contributed by atoms with van der Waals surface area (Å²) in [4.78, 5) is 39.6. The summed E-state index contributed by atoms with van der Waals surface area (Å²) in [6.07, 6.45) is 7.35. The van der Waals surface area contributed by atoms with Gasteiger partial charge in [-0.1, -0.05) is 23.8 Å². The monoisotopic (exact) mass is 664 g/mol. The second-order valence-corrected chi connectivity index (χ2v) is 15.2. The second kappa shape index (κ2) is 12.6. The largest absolute Gasteiger partial charge is 0.506 e. The molecule has 4 N–H and O–H groups in total. The number of ketones is 2. The first-order chi connectivity index (χ1) is 22.2. The molecule has 3 aliphatic heterocycles. The van der Waals surface area contributed by atoms with Crippen molar-refractivity contribution in [2.75, 3.05) is 0 Å². The number of phenolic OH excluding ortho intramolecular Hbond substituents is 1. The van der Waals surface area contributed by atoms with Crippen LogP contribution in [0.4, 0.5) is 0 Å². The number of ether oxygens (including phenoxy) is 3. The van der Waals surface area contributed by atoms with E-state index in [4.69, 9.17) is 14.2 Å². The number of Topliss-reactive ketones (excluding diaryl/α,β-unsaturated/α-hetero) is 2. The van der Waals surface area contributed by atoms with Gasteiger partial charge in [-0.05, 0) is 93.2 Å². The molecule has 10 heteroatoms. The molecule has 260 valence electrons. The number of hydrogen-bond donors (Lipinski definition) is 4. The van der Waals surface area contributed by atoms with Crippen molar-refractivity contribution in [1.29, 1.82) is 0 Å². The molecule has 0 saturated carbocycles. The van der Waals surface area contributed by atoms with E-state index in [1.54, 1.807) is 12.2 Å². The van der Waals surface area contributed by atoms with Crippen LogP contribution in [0.1, 0.15) is 103 Å². The lowest BCUT2D eigenvalue weighted by Gasteiger charge is -2.44. The zero-order valence-corrected chi connectivity index (χ0v) is 29.0. The quantitative estimate of drug-likeness (QED) is 0.192. The average Bonchev–Trinajstić information content (AvgIpc) is 3.05. The number of benzene rings is 1. The third-order valence-corrected chi connectivity index (χ3v) is 10.1. The van der Waals surface area contributed by atoms with Crippen molar-refractivity contribution in [2.24, 2.45) is 11.8 Å². The summed E-state index contributed by atoms with van der Waals surface area (Å²) in [5, 5.41) is 42.9. The standard InChI is InChI=1S/C38H48O10/c1-19(2)10-9-14-38(8)15-13-22-30(41)28-31(42)23-16-21-17-25(37(6,7)47-26(29(21)40)12-11-20(3)35(43)44)33(23)46-34(28)24(32(22)48-38)18-27(39)36(4,5)45/h10-11,13,15-16,21,25-27,33,39,41,45H,9,12,14,17-18H2,1-8H3,(H,43,44)/b20-11-/t21-,25?,26+,27?,33-,38+/m1/s1. The van der Waals surface area contributed by atoms with Crippen molar-refractivity contribution < 1.29 is 49.0 Å². The smallest absolute Gasteiger partial charge is 0.330 e. The molecule has 0 amide bonds. The van der Waals surface area contributed by atoms with Crippen LogP contribution in [0.5, 0.6) is 17.2 Å². The number of aliphatic hydroxyl groups is 2. The lowest BCUT2D eigenvalue weighted by Crippen LogP contribution is -2.49. The Morgan fingerprint density at radius 1 is 1.12 bits per heavy atom. The predicted octanol–water partition coefficient (Wildman–Crippen LogP) is 5.65. The molecule has 2 unspecified atom stereocenters. The second-order valence-electron chi connectivity index (χ2n) is 15.2. The van der Waals surface area contributed by atoms with Crippen molar-refractivity contribution in [1.82, 2.24) is 0 Å². The Hall–Kier alpha value is -3.73. The molecule has 1 saturated heterocycles. The number of hydrogen-bond acceptors (Lipinski definition) is 9. The van der Waals surface area contributed by atoms with Crippen LogP contribution in [-0.4, -0.2) is 73.1 Å². The van der Waals surface area contributed by atoms with Crippen LogP contribution < -0.4 is 9.47 Å². The number of carbonyl (C=O) groups excluding carboxylic acids is 2. The normalized spacial score (nSPS) is 28.1. The molecule has 1 fully saturated rings. The maximum Gasteiger partial charge on any atom is 0.330 e. The summed E-state index contributed by atoms with van der Waals surface area (Å²) in [5.74, 6) is -2.96. The van der Waals surface area contributed by atoms with E-state index in [1.165, 1.54) is 32.4 Å². The van der Waals surface area contributed by atoms with Gasteiger partial charge in [-0.2, -0.15) is 0 Å². The highest BCUT2D eigenvalue weighted by Crippen LogP contribution is 2.54. The lowest BCUT2D eigenvalue weighted by atomic mass is 9.69. The molecule has 2 bridgehead atoms. The van der Waals surface area contributed by atoms with Crippen molar-refractivity contribution in [3.63, 3.8) is 0 Å². The first kappa shape index (κ1) is 35.6. The average molecular weight is 665 g/mol. The molecule has 48 heavy (non-hydrogen) atoms. The molecule has 0 aromatic heterocycles. The highest BCUT2D eigenvalue weighted by atomic mass is 16.5. The molecular formula is C38H48O10. The van der Waals surface area contributed by atoms with Gasteiger partial charge in [-0.15, -0.1) is 0 Å². The molecular weight excluding hydrogens is 616 g/mol. The van der Waals surface area contributed by atoms with Gasteiger partial charge < -0.3 is 34.6 Å².